The summed E-state index contributed by atoms with van der Waals surface area (Å²) in [7, 11) is -4.67. The second-order valence-electron chi connectivity index (χ2n) is 7.59. The van der Waals surface area contributed by atoms with E-state index in [-0.39, 0.29) is 12.7 Å². The van der Waals surface area contributed by atoms with Crippen molar-refractivity contribution in [1.82, 2.24) is 9.97 Å². The molecule has 6 atom stereocenters. The van der Waals surface area contributed by atoms with Gasteiger partial charge in [0.1, 0.15) is 36.5 Å². The van der Waals surface area contributed by atoms with Gasteiger partial charge < -0.3 is 57.0 Å². The zero-order valence-corrected chi connectivity index (χ0v) is 20.8. The molecule has 0 bridgehead atoms. The lowest BCUT2D eigenvalue weighted by Gasteiger charge is -2.22. The molecule has 0 amide bonds. The molecule has 0 aliphatic carbocycles. The molecule has 6 unspecified atom stereocenters. The average Bonchev–Trinajstić information content (AvgIpc) is 3.29. The maximum atomic E-state index is 10.3. The molecular weight excluding hydrogens is 528 g/mol. The highest BCUT2D eigenvalue weighted by Crippen LogP contribution is 2.03. The lowest BCUT2D eigenvalue weighted by Crippen LogP contribution is -2.46. The molecule has 0 saturated heterocycles. The largest absolute Gasteiger partial charge is 0.480 e. The van der Waals surface area contributed by atoms with Crippen molar-refractivity contribution < 1.29 is 67.7 Å². The molecule has 1 aromatic heterocycles. The number of hydrogen-bond acceptors (Lipinski definition) is 13. The first-order chi connectivity index (χ1) is 16.8. The molecule has 1 heterocycles. The summed E-state index contributed by atoms with van der Waals surface area (Å²) in [5.41, 5.74) is 11.1. The van der Waals surface area contributed by atoms with E-state index >= 15 is 0 Å². The van der Waals surface area contributed by atoms with Crippen molar-refractivity contribution in [3.8, 4) is 0 Å². The summed E-state index contributed by atoms with van der Waals surface area (Å²) < 4.78 is 31.6. The third-order valence-corrected chi connectivity index (χ3v) is 3.76. The fourth-order valence-electron chi connectivity index (χ4n) is 1.94. The Morgan fingerprint density at radius 3 is 1.76 bits per heavy atom. The van der Waals surface area contributed by atoms with Crippen LogP contribution < -0.4 is 11.5 Å². The van der Waals surface area contributed by atoms with Crippen LogP contribution in [0.4, 0.5) is 0 Å². The van der Waals surface area contributed by atoms with Crippen LogP contribution in [0.5, 0.6) is 0 Å². The predicted molar refractivity (Wildman–Crippen MR) is 124 cm³/mol. The molecule has 0 aromatic carbocycles. The molecular formula is C18H36N4O14S. The number of carboxylic acid groups (broad SMARTS) is 2. The zero-order chi connectivity index (χ0) is 29.9. The summed E-state index contributed by atoms with van der Waals surface area (Å²) in [5.74, 6) is -1.56. The van der Waals surface area contributed by atoms with Crippen LogP contribution in [0, 0.1) is 5.92 Å². The van der Waals surface area contributed by atoms with Gasteiger partial charge in [-0.2, -0.15) is 8.42 Å². The quantitative estimate of drug-likeness (QED) is 0.0894. The minimum atomic E-state index is -4.67. The van der Waals surface area contributed by atoms with Crippen LogP contribution in [0.25, 0.3) is 0 Å². The highest BCUT2D eigenvalue weighted by atomic mass is 32.3. The summed E-state index contributed by atoms with van der Waals surface area (Å²) in [6.07, 6.45) is -2.91. The minimum absolute atomic E-state index is 0.0258. The Morgan fingerprint density at radius 2 is 1.49 bits per heavy atom. The highest BCUT2D eigenvalue weighted by molar-refractivity contribution is 7.79. The van der Waals surface area contributed by atoms with Crippen LogP contribution in [-0.4, -0.2) is 125 Å². The molecule has 1 aromatic rings. The lowest BCUT2D eigenvalue weighted by molar-refractivity contribution is -0.139. The van der Waals surface area contributed by atoms with Crippen molar-refractivity contribution in [1.29, 1.82) is 0 Å². The molecule has 37 heavy (non-hydrogen) atoms. The first kappa shape index (κ1) is 38.9. The summed E-state index contributed by atoms with van der Waals surface area (Å²) in [5, 5.41) is 60.3. The van der Waals surface area contributed by atoms with Gasteiger partial charge in [-0.15, -0.1) is 0 Å². The van der Waals surface area contributed by atoms with Gasteiger partial charge in [-0.25, -0.2) is 4.98 Å². The minimum Gasteiger partial charge on any atom is -0.480 e. The molecule has 19 heteroatoms. The molecule has 0 aliphatic rings. The van der Waals surface area contributed by atoms with E-state index in [0.29, 0.717) is 18.0 Å². The number of nitrogens with zero attached hydrogens (tertiary/aromatic N) is 1. The van der Waals surface area contributed by atoms with E-state index in [4.69, 9.17) is 64.7 Å². The number of aromatic amines is 1. The Labute approximate surface area is 212 Å². The number of imidazole rings is 1. The maximum Gasteiger partial charge on any atom is 0.394 e. The number of hydrogen-bond donors (Lipinski definition) is 12. The van der Waals surface area contributed by atoms with Gasteiger partial charge in [-0.3, -0.25) is 18.7 Å². The molecule has 14 N–H and O–H groups in total. The van der Waals surface area contributed by atoms with E-state index in [0.717, 1.165) is 0 Å². The topological polar surface area (TPSA) is 348 Å². The number of carbonyl (C=O) groups excluding carboxylic acids is 1. The number of H-pyrrole nitrogens is 1. The number of nitrogens with one attached hydrogen (secondary N) is 1. The Balaban J connectivity index is -0.000000433. The SMILES string of the molecule is CC(C)CC(N)C(=O)O.NC(Cc1c[nH]cn1)C(=O)O.O=CC(O)C(O)C(O)C(O)CO.O=S(=O)(O)O. The average molecular weight is 565 g/mol. The van der Waals surface area contributed by atoms with E-state index in [1.165, 1.54) is 6.33 Å². The first-order valence-electron chi connectivity index (χ1n) is 10.2. The number of nitrogens with two attached hydrogens (primary N) is 2. The Morgan fingerprint density at radius 1 is 1.03 bits per heavy atom. The van der Waals surface area contributed by atoms with Crippen molar-refractivity contribution >= 4 is 28.6 Å². The Bertz CT molecular complexity index is 845. The van der Waals surface area contributed by atoms with E-state index in [1.807, 2.05) is 13.8 Å². The number of carbonyl (C=O) groups is 3. The Kier molecular flexibility index (Phi) is 21.5. The molecule has 218 valence electrons. The van der Waals surface area contributed by atoms with Crippen molar-refractivity contribution in [3.63, 3.8) is 0 Å². The van der Waals surface area contributed by atoms with Gasteiger partial charge in [0.15, 0.2) is 6.29 Å². The fraction of sp³-hybridized carbons (Fsp3) is 0.667. The van der Waals surface area contributed by atoms with Crippen LogP contribution in [0.1, 0.15) is 26.0 Å². The van der Waals surface area contributed by atoms with Crippen molar-refractivity contribution in [2.75, 3.05) is 6.61 Å². The molecule has 0 spiro atoms. The number of carboxylic acids is 2. The maximum absolute atomic E-state index is 10.3. The summed E-state index contributed by atoms with van der Waals surface area (Å²) in [6.45, 7) is 3.13. The summed E-state index contributed by atoms with van der Waals surface area (Å²) >= 11 is 0. The van der Waals surface area contributed by atoms with E-state index in [9.17, 15) is 14.4 Å². The van der Waals surface area contributed by atoms with Gasteiger partial charge in [0, 0.05) is 12.6 Å². The standard InChI is InChI=1S/C6H9N3O2.C6H13NO2.C6H12O6.H2O4S/c7-5(6(10)11)1-4-2-8-3-9-4;1-4(2)3-5(7)6(8)9;7-1-3(9)5(11)6(12)4(10)2-8;1-5(2,3)4/h2-3,5H,1,7H2,(H,8,9)(H,10,11);4-5H,3,7H2,1-2H3,(H,8,9);1,3-6,8-12H,2H2;(H2,1,2,3,4). The summed E-state index contributed by atoms with van der Waals surface area (Å²) in [4.78, 5) is 36.8. The smallest absolute Gasteiger partial charge is 0.394 e. The molecule has 1 rings (SSSR count). The van der Waals surface area contributed by atoms with Gasteiger partial charge in [0.2, 0.25) is 0 Å². The van der Waals surface area contributed by atoms with Crippen molar-refractivity contribution in [2.45, 2.75) is 63.2 Å². The number of aliphatic hydroxyl groups is 5. The molecule has 0 fully saturated rings. The second-order valence-corrected chi connectivity index (χ2v) is 8.48. The number of aldehydes is 1. The monoisotopic (exact) mass is 564 g/mol. The van der Waals surface area contributed by atoms with Crippen LogP contribution in [0.15, 0.2) is 12.5 Å². The zero-order valence-electron chi connectivity index (χ0n) is 20.0. The number of aromatic nitrogens is 2. The van der Waals surface area contributed by atoms with Gasteiger partial charge in [0.05, 0.1) is 18.6 Å². The number of rotatable bonds is 11. The first-order valence-corrected chi connectivity index (χ1v) is 11.6. The lowest BCUT2D eigenvalue weighted by atomic mass is 10.0. The van der Waals surface area contributed by atoms with Crippen molar-refractivity contribution in [3.05, 3.63) is 18.2 Å². The van der Waals surface area contributed by atoms with Crippen LogP contribution in [0.3, 0.4) is 0 Å². The number of aliphatic hydroxyl groups excluding tert-OH is 5. The van der Waals surface area contributed by atoms with E-state index in [1.54, 1.807) is 6.20 Å². The fourth-order valence-corrected chi connectivity index (χ4v) is 1.94. The van der Waals surface area contributed by atoms with Crippen molar-refractivity contribution in [2.24, 2.45) is 17.4 Å². The molecule has 18 nitrogen and oxygen atoms in total. The van der Waals surface area contributed by atoms with E-state index in [2.05, 4.69) is 9.97 Å². The van der Waals surface area contributed by atoms with Gasteiger partial charge in [-0.1, -0.05) is 13.8 Å². The second kappa shape index (κ2) is 20.5. The molecule has 0 saturated carbocycles. The van der Waals surface area contributed by atoms with Crippen LogP contribution in [0.2, 0.25) is 0 Å². The van der Waals surface area contributed by atoms with Gasteiger partial charge >= 0.3 is 22.3 Å². The van der Waals surface area contributed by atoms with Gasteiger partial charge in [-0.05, 0) is 12.3 Å². The third-order valence-electron chi connectivity index (χ3n) is 3.76. The highest BCUT2D eigenvalue weighted by Gasteiger charge is 2.29. The molecule has 0 radical (unpaired) electrons. The van der Waals surface area contributed by atoms with Crippen LogP contribution in [-0.2, 0) is 31.2 Å². The summed E-state index contributed by atoms with van der Waals surface area (Å²) in [6, 6.07) is -1.55. The number of aliphatic carboxylic acids is 2. The third kappa shape index (κ3) is 24.9. The van der Waals surface area contributed by atoms with Gasteiger partial charge in [0.25, 0.3) is 0 Å². The Hall–Kier alpha value is -2.59. The van der Waals surface area contributed by atoms with E-state index < -0.39 is 65.4 Å². The predicted octanol–water partition coefficient (Wildman–Crippen LogP) is -4.22. The van der Waals surface area contributed by atoms with Crippen LogP contribution >= 0.6 is 0 Å². The normalized spacial score (nSPS) is 15.6. The molecule has 0 aliphatic heterocycles.